The minimum atomic E-state index is -5.45. The predicted octanol–water partition coefficient (Wildman–Crippen LogP) is -0.0564. The number of fused-ring (bicyclic) bond motifs is 1. The Hall–Kier alpha value is -2.90. The Morgan fingerprint density at radius 3 is 2.42 bits per heavy atom. The molecule has 1 aliphatic heterocycles. The van der Waals surface area contributed by atoms with Crippen LogP contribution >= 0.6 is 15.6 Å². The van der Waals surface area contributed by atoms with Crippen molar-refractivity contribution in [3.05, 3.63) is 57.0 Å². The summed E-state index contributed by atoms with van der Waals surface area (Å²) < 4.78 is 84.4. The molecule has 220 valence electrons. The number of aromatic nitrogens is 3. The summed E-state index contributed by atoms with van der Waals surface area (Å²) in [5.74, 6) is -0.713. The van der Waals surface area contributed by atoms with Crippen molar-refractivity contribution in [3.63, 3.8) is 0 Å². The van der Waals surface area contributed by atoms with Crippen LogP contribution < -0.4 is 16.0 Å². The lowest BCUT2D eigenvalue weighted by atomic mass is 10.1. The molecule has 3 aromatic rings. The highest BCUT2D eigenvalue weighted by Crippen LogP contribution is 2.57. The maximum absolute atomic E-state index is 13.1. The molecule has 1 saturated heterocycles. The summed E-state index contributed by atoms with van der Waals surface area (Å²) in [6, 6.07) is 4.26. The molecule has 0 amide bonds. The van der Waals surface area contributed by atoms with E-state index in [0.717, 1.165) is 18.3 Å². The van der Waals surface area contributed by atoms with E-state index >= 15 is 0 Å². The number of aliphatic hydroxyl groups is 2. The predicted molar refractivity (Wildman–Crippen MR) is 120 cm³/mol. The van der Waals surface area contributed by atoms with Crippen LogP contribution in [0.3, 0.4) is 0 Å². The molecule has 3 heterocycles. The average molecular weight is 619 g/mol. The number of phosphoric ester groups is 1. The van der Waals surface area contributed by atoms with Crippen molar-refractivity contribution >= 4 is 26.6 Å². The molecule has 0 bridgehead atoms. The smallest absolute Gasteiger partial charge is 0.405 e. The van der Waals surface area contributed by atoms with Crippen LogP contribution in [0.5, 0.6) is 5.75 Å². The van der Waals surface area contributed by atoms with Crippen molar-refractivity contribution in [2.75, 3.05) is 6.61 Å². The highest BCUT2D eigenvalue weighted by Gasteiger charge is 2.46. The van der Waals surface area contributed by atoms with Gasteiger partial charge in [0.1, 0.15) is 29.8 Å². The van der Waals surface area contributed by atoms with Crippen molar-refractivity contribution in [1.82, 2.24) is 14.3 Å². The summed E-state index contributed by atoms with van der Waals surface area (Å²) in [6.07, 6.45) is -11.4. The van der Waals surface area contributed by atoms with E-state index in [-0.39, 0.29) is 16.7 Å². The largest absolute Gasteiger partial charge is 0.573 e. The Balaban J connectivity index is 1.61. The van der Waals surface area contributed by atoms with Gasteiger partial charge in [0.2, 0.25) is 0 Å². The van der Waals surface area contributed by atoms with E-state index in [1.165, 1.54) is 12.1 Å². The Bertz CT molecular complexity index is 1610. The number of alkyl halides is 3. The molecule has 5 atom stereocenters. The van der Waals surface area contributed by atoms with Crippen molar-refractivity contribution in [1.29, 1.82) is 0 Å². The SMILES string of the molecule is O=c1ccn(C2OC(COP(=O)(O)OP(=O)(O)O)C(O)C2O)c(=O)n1Cc1noc2cccc(OC(F)(F)F)c12. The van der Waals surface area contributed by atoms with Gasteiger partial charge >= 0.3 is 27.7 Å². The number of hydrogen-bond acceptors (Lipinski definition) is 12. The number of rotatable bonds is 9. The van der Waals surface area contributed by atoms with Crippen LogP contribution in [-0.2, 0) is 29.2 Å². The van der Waals surface area contributed by atoms with E-state index in [9.17, 15) is 47.0 Å². The molecule has 0 saturated carbocycles. The molecule has 1 aromatic carbocycles. The Kier molecular flexibility index (Phi) is 8.14. The molecule has 22 heteroatoms. The zero-order valence-corrected chi connectivity index (χ0v) is 21.2. The molecule has 1 fully saturated rings. The lowest BCUT2D eigenvalue weighted by Gasteiger charge is -2.19. The van der Waals surface area contributed by atoms with E-state index in [0.29, 0.717) is 9.13 Å². The fourth-order valence-electron chi connectivity index (χ4n) is 3.78. The minimum Gasteiger partial charge on any atom is -0.405 e. The lowest BCUT2D eigenvalue weighted by molar-refractivity contribution is -0.274. The Morgan fingerprint density at radius 1 is 1.07 bits per heavy atom. The Morgan fingerprint density at radius 2 is 1.77 bits per heavy atom. The first kappa shape index (κ1) is 30.1. The summed E-state index contributed by atoms with van der Waals surface area (Å²) in [6.45, 7) is -1.78. The van der Waals surface area contributed by atoms with Gasteiger partial charge in [-0.3, -0.25) is 18.5 Å². The molecule has 4 rings (SSSR count). The van der Waals surface area contributed by atoms with Crippen molar-refractivity contribution in [2.45, 2.75) is 37.4 Å². The second-order valence-electron chi connectivity index (χ2n) is 8.12. The quantitative estimate of drug-likeness (QED) is 0.197. The van der Waals surface area contributed by atoms with Crippen molar-refractivity contribution in [3.8, 4) is 5.75 Å². The van der Waals surface area contributed by atoms with Gasteiger partial charge in [0.25, 0.3) is 5.56 Å². The zero-order valence-electron chi connectivity index (χ0n) is 19.4. The van der Waals surface area contributed by atoms with Gasteiger partial charge in [0, 0.05) is 12.3 Å². The Labute approximate surface area is 218 Å². The summed E-state index contributed by atoms with van der Waals surface area (Å²) in [4.78, 5) is 52.3. The molecular weight excluding hydrogens is 601 g/mol. The number of aliphatic hydroxyl groups excluding tert-OH is 2. The second-order valence-corrected chi connectivity index (χ2v) is 10.9. The van der Waals surface area contributed by atoms with E-state index in [1.807, 2.05) is 0 Å². The third-order valence-corrected chi connectivity index (χ3v) is 7.53. The normalized spacial score (nSPS) is 23.4. The number of halogens is 3. The summed E-state index contributed by atoms with van der Waals surface area (Å²) >= 11 is 0. The highest BCUT2D eigenvalue weighted by atomic mass is 31.3. The van der Waals surface area contributed by atoms with E-state index in [4.69, 9.17) is 19.0 Å². The maximum Gasteiger partial charge on any atom is 0.573 e. The van der Waals surface area contributed by atoms with Crippen LogP contribution in [-0.4, -0.2) is 70.5 Å². The molecule has 5 unspecified atom stereocenters. The maximum atomic E-state index is 13.1. The zero-order chi connectivity index (χ0) is 29.6. The third kappa shape index (κ3) is 6.69. The first-order chi connectivity index (χ1) is 18.5. The lowest BCUT2D eigenvalue weighted by Crippen LogP contribution is -2.43. The van der Waals surface area contributed by atoms with Crippen LogP contribution in [0, 0.1) is 0 Å². The van der Waals surface area contributed by atoms with Gasteiger partial charge in [-0.1, -0.05) is 11.2 Å². The number of hydrogen-bond donors (Lipinski definition) is 5. The first-order valence-electron chi connectivity index (χ1n) is 10.7. The molecule has 17 nitrogen and oxygen atoms in total. The summed E-state index contributed by atoms with van der Waals surface area (Å²) in [7, 11) is -10.8. The standard InChI is InChI=1S/C18H18F3N3O14P2/c19-18(20,21)36-9-2-1-3-10-13(9)8(22-37-10)6-24-12(25)4-5-23(17(24)28)16-15(27)14(26)11(35-16)7-34-40(32,33)38-39(29,30)31/h1-5,11,14-16,26-27H,6-7H2,(H,32,33)(H2,29,30,31). The highest BCUT2D eigenvalue weighted by molar-refractivity contribution is 7.60. The molecule has 40 heavy (non-hydrogen) atoms. The van der Waals surface area contributed by atoms with Crippen LogP contribution in [0.15, 0.2) is 44.6 Å². The topological polar surface area (TPSA) is 242 Å². The summed E-state index contributed by atoms with van der Waals surface area (Å²) in [5, 5.41) is 24.0. The van der Waals surface area contributed by atoms with Crippen LogP contribution in [0.2, 0.25) is 0 Å². The van der Waals surface area contributed by atoms with Gasteiger partial charge in [0.15, 0.2) is 11.8 Å². The molecular formula is C18H18F3N3O14P2. The molecule has 0 aliphatic carbocycles. The van der Waals surface area contributed by atoms with Crippen LogP contribution in [0.25, 0.3) is 11.0 Å². The monoisotopic (exact) mass is 619 g/mol. The molecule has 2 aromatic heterocycles. The minimum absolute atomic E-state index is 0.148. The fraction of sp³-hybridized carbons (Fsp3) is 0.389. The number of phosphoric acid groups is 2. The van der Waals surface area contributed by atoms with E-state index in [2.05, 4.69) is 18.7 Å². The fourth-order valence-corrected chi connectivity index (χ4v) is 5.38. The molecule has 0 radical (unpaired) electrons. The van der Waals surface area contributed by atoms with Gasteiger partial charge in [-0.2, -0.15) is 4.31 Å². The van der Waals surface area contributed by atoms with Crippen molar-refractivity contribution < 1.29 is 70.0 Å². The molecule has 0 spiro atoms. The van der Waals surface area contributed by atoms with Gasteiger partial charge in [-0.05, 0) is 12.1 Å². The summed E-state index contributed by atoms with van der Waals surface area (Å²) in [5.41, 5.74) is -2.58. The van der Waals surface area contributed by atoms with Crippen LogP contribution in [0.1, 0.15) is 11.9 Å². The van der Waals surface area contributed by atoms with Crippen molar-refractivity contribution in [2.24, 2.45) is 0 Å². The van der Waals surface area contributed by atoms with Gasteiger partial charge in [0.05, 0.1) is 18.5 Å². The van der Waals surface area contributed by atoms with E-state index in [1.54, 1.807) is 0 Å². The number of benzene rings is 1. The third-order valence-electron chi connectivity index (χ3n) is 5.38. The van der Waals surface area contributed by atoms with E-state index < -0.39 is 76.7 Å². The van der Waals surface area contributed by atoms with Crippen LogP contribution in [0.4, 0.5) is 13.2 Å². The average Bonchev–Trinajstić information content (AvgIpc) is 3.35. The van der Waals surface area contributed by atoms with Gasteiger partial charge in [-0.15, -0.1) is 13.2 Å². The first-order valence-corrected chi connectivity index (χ1v) is 13.7. The number of nitrogens with zero attached hydrogens (tertiary/aromatic N) is 3. The second kappa shape index (κ2) is 10.8. The van der Waals surface area contributed by atoms with Gasteiger partial charge < -0.3 is 38.9 Å². The van der Waals surface area contributed by atoms with Gasteiger partial charge in [-0.25, -0.2) is 13.9 Å². The molecule has 5 N–H and O–H groups in total. The molecule has 1 aliphatic rings. The number of ether oxygens (including phenoxy) is 2.